The van der Waals surface area contributed by atoms with Crippen LogP contribution in [0.1, 0.15) is 412 Å². The van der Waals surface area contributed by atoms with Crippen LogP contribution in [0.4, 0.5) is 0 Å². The normalized spacial score (nSPS) is 12.7. The van der Waals surface area contributed by atoms with Crippen molar-refractivity contribution in [3.63, 3.8) is 0 Å². The SMILES string of the molecule is CCCC/C=C\C/C=C\CCCCCCCC(=O)OCCCCCCCCCCCCCC/C=C\CCCCCCCCCCCCCCCCC(=O)NC(CO)C(O)CCCCCCCCCCCCCCCCCCCCCCC. The number of hydrogen-bond acceptors (Lipinski definition) is 5. The first-order valence-corrected chi connectivity index (χ1v) is 37.2. The highest BCUT2D eigenvalue weighted by Gasteiger charge is 2.20. The molecule has 2 unspecified atom stereocenters. The maximum atomic E-state index is 12.6. The molecule has 6 heteroatoms. The van der Waals surface area contributed by atoms with Gasteiger partial charge in [-0.15, -0.1) is 0 Å². The molecule has 1 amide bonds. The van der Waals surface area contributed by atoms with Gasteiger partial charge < -0.3 is 20.3 Å². The molecule has 6 nitrogen and oxygen atoms in total. The first kappa shape index (κ1) is 80.1. The van der Waals surface area contributed by atoms with Gasteiger partial charge in [-0.05, 0) is 77.0 Å². The predicted molar refractivity (Wildman–Crippen MR) is 361 cm³/mol. The molecule has 0 saturated carbocycles. The van der Waals surface area contributed by atoms with Gasteiger partial charge in [-0.3, -0.25) is 9.59 Å². The number of nitrogens with one attached hydrogen (secondary N) is 1. The molecule has 0 radical (unpaired) electrons. The number of carbonyl (C=O) groups is 2. The van der Waals surface area contributed by atoms with Crippen LogP contribution in [-0.2, 0) is 14.3 Å². The molecule has 0 aliphatic heterocycles. The Balaban J connectivity index is 3.37. The Morgan fingerprint density at radius 2 is 0.622 bits per heavy atom. The molecule has 0 aromatic carbocycles. The van der Waals surface area contributed by atoms with E-state index in [1.165, 1.54) is 327 Å². The second-order valence-electron chi connectivity index (χ2n) is 25.6. The van der Waals surface area contributed by atoms with Gasteiger partial charge in [0.25, 0.3) is 0 Å². The van der Waals surface area contributed by atoms with Gasteiger partial charge in [0.2, 0.25) is 5.91 Å². The molecule has 0 rings (SSSR count). The Morgan fingerprint density at radius 3 is 0.976 bits per heavy atom. The molecule has 0 spiro atoms. The zero-order valence-corrected chi connectivity index (χ0v) is 55.5. The number of amides is 1. The van der Waals surface area contributed by atoms with Gasteiger partial charge >= 0.3 is 5.97 Å². The van der Waals surface area contributed by atoms with Crippen molar-refractivity contribution in [2.75, 3.05) is 13.2 Å². The number of esters is 1. The van der Waals surface area contributed by atoms with Gasteiger partial charge in [-0.1, -0.05) is 359 Å². The van der Waals surface area contributed by atoms with Crippen molar-refractivity contribution in [1.82, 2.24) is 5.32 Å². The summed E-state index contributed by atoms with van der Waals surface area (Å²) in [6.45, 7) is 4.95. The number of aliphatic hydroxyl groups excluding tert-OH is 2. The summed E-state index contributed by atoms with van der Waals surface area (Å²) in [6.07, 6.45) is 92.1. The molecule has 0 bridgehead atoms. The monoisotopic (exact) mass is 1150 g/mol. The lowest BCUT2D eigenvalue weighted by molar-refractivity contribution is -0.143. The number of hydrogen-bond donors (Lipinski definition) is 3. The predicted octanol–water partition coefficient (Wildman–Crippen LogP) is 24.3. The minimum Gasteiger partial charge on any atom is -0.466 e. The highest BCUT2D eigenvalue weighted by atomic mass is 16.5. The minimum atomic E-state index is -0.665. The Morgan fingerprint density at radius 1 is 0.341 bits per heavy atom. The lowest BCUT2D eigenvalue weighted by atomic mass is 10.0. The Hall–Kier alpha value is -1.92. The van der Waals surface area contributed by atoms with Crippen molar-refractivity contribution in [3.8, 4) is 0 Å². The fourth-order valence-corrected chi connectivity index (χ4v) is 11.7. The zero-order chi connectivity index (χ0) is 59.2. The summed E-state index contributed by atoms with van der Waals surface area (Å²) in [6, 6.07) is -0.542. The van der Waals surface area contributed by atoms with Gasteiger partial charge in [0.05, 0.1) is 25.4 Å². The van der Waals surface area contributed by atoms with E-state index in [0.717, 1.165) is 51.4 Å². The van der Waals surface area contributed by atoms with Gasteiger partial charge in [0.15, 0.2) is 0 Å². The second kappa shape index (κ2) is 71.6. The molecule has 0 aliphatic rings. The number of rotatable bonds is 70. The third kappa shape index (κ3) is 67.2. The van der Waals surface area contributed by atoms with E-state index in [1.54, 1.807) is 0 Å². The van der Waals surface area contributed by atoms with Crippen LogP contribution in [0.25, 0.3) is 0 Å². The molecule has 3 N–H and O–H groups in total. The van der Waals surface area contributed by atoms with E-state index in [1.807, 2.05) is 0 Å². The van der Waals surface area contributed by atoms with Crippen LogP contribution in [0.15, 0.2) is 36.5 Å². The van der Waals surface area contributed by atoms with Gasteiger partial charge in [-0.25, -0.2) is 0 Å². The van der Waals surface area contributed by atoms with Crippen LogP contribution in [0.5, 0.6) is 0 Å². The molecule has 0 fully saturated rings. The van der Waals surface area contributed by atoms with Crippen LogP contribution in [0, 0.1) is 0 Å². The van der Waals surface area contributed by atoms with E-state index in [4.69, 9.17) is 4.74 Å². The zero-order valence-electron chi connectivity index (χ0n) is 55.5. The number of carbonyl (C=O) groups excluding carboxylic acids is 2. The Kier molecular flexibility index (Phi) is 69.9. The van der Waals surface area contributed by atoms with Gasteiger partial charge in [-0.2, -0.15) is 0 Å². The highest BCUT2D eigenvalue weighted by Crippen LogP contribution is 2.19. The van der Waals surface area contributed by atoms with Crippen LogP contribution < -0.4 is 5.32 Å². The van der Waals surface area contributed by atoms with E-state index >= 15 is 0 Å². The van der Waals surface area contributed by atoms with Crippen LogP contribution in [0.3, 0.4) is 0 Å². The lowest BCUT2D eigenvalue weighted by Gasteiger charge is -2.22. The van der Waals surface area contributed by atoms with Gasteiger partial charge in [0.1, 0.15) is 0 Å². The summed E-state index contributed by atoms with van der Waals surface area (Å²) in [7, 11) is 0. The third-order valence-electron chi connectivity index (χ3n) is 17.4. The smallest absolute Gasteiger partial charge is 0.305 e. The molecule has 0 aromatic rings. The first-order valence-electron chi connectivity index (χ1n) is 37.2. The van der Waals surface area contributed by atoms with E-state index in [-0.39, 0.29) is 18.5 Å². The molecule has 0 heterocycles. The van der Waals surface area contributed by atoms with Crippen LogP contribution in [0.2, 0.25) is 0 Å². The molecule has 2 atom stereocenters. The average molecular weight is 1150 g/mol. The van der Waals surface area contributed by atoms with E-state index in [2.05, 4.69) is 55.6 Å². The average Bonchev–Trinajstić information content (AvgIpc) is 3.48. The summed E-state index contributed by atoms with van der Waals surface area (Å²) >= 11 is 0. The van der Waals surface area contributed by atoms with Crippen LogP contribution in [-0.4, -0.2) is 47.4 Å². The van der Waals surface area contributed by atoms with E-state index in [9.17, 15) is 19.8 Å². The molecular weight excluding hydrogens is 1010 g/mol. The van der Waals surface area contributed by atoms with Crippen LogP contribution >= 0.6 is 0 Å². The molecular formula is C76H145NO5. The maximum absolute atomic E-state index is 12.6. The minimum absolute atomic E-state index is 0.00297. The highest BCUT2D eigenvalue weighted by molar-refractivity contribution is 5.76. The fourth-order valence-electron chi connectivity index (χ4n) is 11.7. The van der Waals surface area contributed by atoms with Crippen molar-refractivity contribution < 1.29 is 24.5 Å². The van der Waals surface area contributed by atoms with Crippen molar-refractivity contribution in [2.45, 2.75) is 424 Å². The summed E-state index contributed by atoms with van der Waals surface area (Å²) in [5, 5.41) is 23.4. The molecule has 82 heavy (non-hydrogen) atoms. The molecule has 0 aromatic heterocycles. The topological polar surface area (TPSA) is 95.9 Å². The maximum Gasteiger partial charge on any atom is 0.305 e. The Labute approximate surface area is 513 Å². The van der Waals surface area contributed by atoms with Gasteiger partial charge in [0, 0.05) is 12.8 Å². The van der Waals surface area contributed by atoms with Crippen molar-refractivity contribution in [1.29, 1.82) is 0 Å². The summed E-state index contributed by atoms with van der Waals surface area (Å²) in [5.41, 5.74) is 0. The first-order chi connectivity index (χ1) is 40.5. The lowest BCUT2D eigenvalue weighted by Crippen LogP contribution is -2.45. The van der Waals surface area contributed by atoms with Crippen molar-refractivity contribution in [2.24, 2.45) is 0 Å². The molecule has 0 aliphatic carbocycles. The summed E-state index contributed by atoms with van der Waals surface area (Å²) in [4.78, 5) is 24.6. The molecule has 0 saturated heterocycles. The fraction of sp³-hybridized carbons (Fsp3) is 0.895. The van der Waals surface area contributed by atoms with Crippen molar-refractivity contribution in [3.05, 3.63) is 36.5 Å². The third-order valence-corrected chi connectivity index (χ3v) is 17.4. The summed E-state index contributed by atoms with van der Waals surface area (Å²) < 4.78 is 5.48. The van der Waals surface area contributed by atoms with Crippen molar-refractivity contribution >= 4 is 11.9 Å². The van der Waals surface area contributed by atoms with E-state index in [0.29, 0.717) is 25.9 Å². The molecule has 484 valence electrons. The number of unbranched alkanes of at least 4 members (excludes halogenated alkanes) is 53. The second-order valence-corrected chi connectivity index (χ2v) is 25.6. The number of aliphatic hydroxyl groups is 2. The largest absolute Gasteiger partial charge is 0.466 e. The summed E-state index contributed by atoms with van der Waals surface area (Å²) in [5.74, 6) is -0.0261. The van der Waals surface area contributed by atoms with E-state index < -0.39 is 12.1 Å². The standard InChI is InChI=1S/C76H145NO5/c1-3-5-7-9-11-13-15-17-19-20-21-32-35-38-41-44-48-52-56-60-64-68-74(79)73(72-78)77-75(80)69-65-61-57-53-49-45-42-39-36-33-30-28-26-24-22-23-25-27-29-31-34-37-40-43-47-51-55-59-63-67-71-82-76(81)70-66-62-58-54-50-46-18-16-14-12-10-8-6-4-2/h10,12,16,18,23,25,73-74,78-79H,3-9,11,13-15,17,19-22,24,26-72H2,1-2H3,(H,77,80)/b12-10-,18-16-,25-23-. The number of ether oxygens (including phenoxy) is 1. The Bertz CT molecular complexity index is 1330. The number of allylic oxidation sites excluding steroid dienone is 6. The quantitative estimate of drug-likeness (QED) is 0.0320.